The van der Waals surface area contributed by atoms with Crippen LogP contribution >= 0.6 is 11.3 Å². The molecule has 0 amide bonds. The van der Waals surface area contributed by atoms with Gasteiger partial charge < -0.3 is 0 Å². The van der Waals surface area contributed by atoms with Gasteiger partial charge in [-0.3, -0.25) is 0 Å². The maximum atomic E-state index is 2.38. The van der Waals surface area contributed by atoms with Gasteiger partial charge in [0.2, 0.25) is 0 Å². The SMILES string of the molecule is C1=Cc2c(sc3c(-c4ccc5cc(-c6ccc7c8ccccc8c8ccccc8c7c6)ccc5c4)cccc23)CC1. The van der Waals surface area contributed by atoms with Gasteiger partial charge in [0, 0.05) is 15.0 Å². The van der Waals surface area contributed by atoms with Crippen molar-refractivity contribution in [1.29, 1.82) is 0 Å². The second kappa shape index (κ2) is 8.89. The number of benzene rings is 7. The number of thiophene rings is 1. The molecule has 0 radical (unpaired) electrons. The summed E-state index contributed by atoms with van der Waals surface area (Å²) in [4.78, 5) is 1.52. The van der Waals surface area contributed by atoms with Crippen LogP contribution in [0.2, 0.25) is 0 Å². The molecule has 0 atom stereocenters. The van der Waals surface area contributed by atoms with E-state index in [-0.39, 0.29) is 0 Å². The van der Waals surface area contributed by atoms with Gasteiger partial charge >= 0.3 is 0 Å². The van der Waals surface area contributed by atoms with E-state index in [0.29, 0.717) is 0 Å². The number of rotatable bonds is 2. The van der Waals surface area contributed by atoms with Crippen LogP contribution in [0.4, 0.5) is 0 Å². The summed E-state index contributed by atoms with van der Waals surface area (Å²) in [6.07, 6.45) is 6.94. The normalized spacial score (nSPS) is 13.1. The first-order valence-corrected chi connectivity index (χ1v) is 15.2. The van der Waals surface area contributed by atoms with Gasteiger partial charge in [0.05, 0.1) is 0 Å². The Morgan fingerprint density at radius 1 is 0.463 bits per heavy atom. The molecule has 0 nitrogen and oxygen atoms in total. The molecule has 0 saturated heterocycles. The van der Waals surface area contributed by atoms with Gasteiger partial charge in [-0.15, -0.1) is 11.3 Å². The fraction of sp³-hybridized carbons (Fsp3) is 0.0500. The van der Waals surface area contributed by atoms with Gasteiger partial charge in [-0.2, -0.15) is 0 Å². The summed E-state index contributed by atoms with van der Waals surface area (Å²) < 4.78 is 1.41. The molecular weight excluding hydrogens is 513 g/mol. The molecule has 0 aliphatic heterocycles. The molecule has 1 aliphatic rings. The molecule has 0 spiro atoms. The quantitative estimate of drug-likeness (QED) is 0.192. The van der Waals surface area contributed by atoms with E-state index in [9.17, 15) is 0 Å². The number of hydrogen-bond donors (Lipinski definition) is 0. The third kappa shape index (κ3) is 3.53. The molecule has 1 aromatic heterocycles. The van der Waals surface area contributed by atoms with Crippen molar-refractivity contribution < 1.29 is 0 Å². The Morgan fingerprint density at radius 3 is 1.80 bits per heavy atom. The van der Waals surface area contributed by atoms with Gasteiger partial charge in [0.1, 0.15) is 0 Å². The molecule has 0 bridgehead atoms. The molecule has 1 heterocycles. The predicted octanol–water partition coefficient (Wildman–Crippen LogP) is 11.8. The molecule has 0 N–H and O–H groups in total. The highest BCUT2D eigenvalue weighted by molar-refractivity contribution is 7.20. The van der Waals surface area contributed by atoms with Crippen molar-refractivity contribution >= 4 is 70.6 Å². The van der Waals surface area contributed by atoms with Crippen molar-refractivity contribution in [1.82, 2.24) is 0 Å². The summed E-state index contributed by atoms with van der Waals surface area (Å²) >= 11 is 1.98. The molecule has 1 heteroatoms. The van der Waals surface area contributed by atoms with E-state index in [0.717, 1.165) is 12.8 Å². The van der Waals surface area contributed by atoms with Crippen molar-refractivity contribution in [3.05, 3.63) is 138 Å². The number of hydrogen-bond acceptors (Lipinski definition) is 1. The summed E-state index contributed by atoms with van der Waals surface area (Å²) in [6, 6.07) is 45.2. The van der Waals surface area contributed by atoms with Crippen LogP contribution in [-0.4, -0.2) is 0 Å². The van der Waals surface area contributed by atoms with Gasteiger partial charge in [-0.25, -0.2) is 0 Å². The molecule has 7 aromatic carbocycles. The largest absolute Gasteiger partial charge is 0.139 e. The van der Waals surface area contributed by atoms with Crippen LogP contribution < -0.4 is 0 Å². The summed E-state index contributed by atoms with van der Waals surface area (Å²) in [5, 5.41) is 11.8. The van der Waals surface area contributed by atoms with E-state index in [1.54, 1.807) is 0 Å². The molecular formula is C40H26S. The molecule has 8 aromatic rings. The van der Waals surface area contributed by atoms with Crippen LogP contribution in [0, 0.1) is 0 Å². The Bertz CT molecular complexity index is 2330. The lowest BCUT2D eigenvalue weighted by molar-refractivity contribution is 1.02. The monoisotopic (exact) mass is 538 g/mol. The minimum atomic E-state index is 1.15. The smallest absolute Gasteiger partial charge is 0.0430 e. The maximum Gasteiger partial charge on any atom is 0.0430 e. The highest BCUT2D eigenvalue weighted by Crippen LogP contribution is 2.42. The van der Waals surface area contributed by atoms with Crippen molar-refractivity contribution in [3.63, 3.8) is 0 Å². The first-order chi connectivity index (χ1) is 20.3. The summed E-state index contributed by atoms with van der Waals surface area (Å²) in [6.45, 7) is 0. The highest BCUT2D eigenvalue weighted by Gasteiger charge is 2.16. The van der Waals surface area contributed by atoms with Crippen LogP contribution in [0.5, 0.6) is 0 Å². The third-order valence-corrected chi connectivity index (χ3v) is 10.2. The van der Waals surface area contributed by atoms with Crippen LogP contribution in [-0.2, 0) is 6.42 Å². The van der Waals surface area contributed by atoms with Crippen molar-refractivity contribution in [2.24, 2.45) is 0 Å². The standard InChI is InChI=1S/C40H26S/c1-2-10-33-31(8-1)32-9-3-4-11-34(32)38-24-28(20-21-35(33)38)26-16-17-27-23-29(19-18-25(27)22-26)30-13-7-14-37-36-12-5-6-15-39(36)41-40(30)37/h1-5,7-14,16-24H,6,15H2. The average Bonchev–Trinajstić information content (AvgIpc) is 3.43. The summed E-state index contributed by atoms with van der Waals surface area (Å²) in [5.74, 6) is 0. The average molecular weight is 539 g/mol. The highest BCUT2D eigenvalue weighted by atomic mass is 32.1. The Kier molecular flexibility index (Phi) is 5.00. The molecule has 192 valence electrons. The molecule has 0 unspecified atom stereocenters. The molecule has 0 fully saturated rings. The van der Waals surface area contributed by atoms with Crippen LogP contribution in [0.25, 0.3) is 81.5 Å². The molecule has 0 saturated carbocycles. The summed E-state index contributed by atoms with van der Waals surface area (Å²) in [7, 11) is 0. The van der Waals surface area contributed by atoms with E-state index in [1.165, 1.54) is 85.9 Å². The Hall–Kier alpha value is -4.72. The second-order valence-corrected chi connectivity index (χ2v) is 12.3. The third-order valence-electron chi connectivity index (χ3n) is 8.88. The lowest BCUT2D eigenvalue weighted by Crippen LogP contribution is -1.87. The van der Waals surface area contributed by atoms with E-state index in [4.69, 9.17) is 0 Å². The zero-order valence-corrected chi connectivity index (χ0v) is 23.3. The topological polar surface area (TPSA) is 0 Å². The van der Waals surface area contributed by atoms with E-state index in [1.807, 2.05) is 11.3 Å². The fourth-order valence-electron chi connectivity index (χ4n) is 6.88. The fourth-order valence-corrected chi connectivity index (χ4v) is 8.22. The van der Waals surface area contributed by atoms with E-state index in [2.05, 4.69) is 133 Å². The zero-order chi connectivity index (χ0) is 26.9. The zero-order valence-electron chi connectivity index (χ0n) is 22.5. The Balaban J connectivity index is 1.17. The Morgan fingerprint density at radius 2 is 1.05 bits per heavy atom. The van der Waals surface area contributed by atoms with Crippen molar-refractivity contribution in [2.45, 2.75) is 12.8 Å². The van der Waals surface area contributed by atoms with Gasteiger partial charge in [0.25, 0.3) is 0 Å². The number of aryl methyl sites for hydroxylation is 1. The first kappa shape index (κ1) is 23.0. The van der Waals surface area contributed by atoms with Crippen molar-refractivity contribution in [2.75, 3.05) is 0 Å². The van der Waals surface area contributed by atoms with Crippen LogP contribution in [0.15, 0.2) is 127 Å². The van der Waals surface area contributed by atoms with E-state index < -0.39 is 0 Å². The number of allylic oxidation sites excluding steroid dienone is 1. The van der Waals surface area contributed by atoms with E-state index >= 15 is 0 Å². The lowest BCUT2D eigenvalue weighted by Gasteiger charge is -2.12. The molecule has 9 rings (SSSR count). The second-order valence-electron chi connectivity index (χ2n) is 11.2. The summed E-state index contributed by atoms with van der Waals surface area (Å²) in [5.41, 5.74) is 6.58. The minimum Gasteiger partial charge on any atom is -0.139 e. The van der Waals surface area contributed by atoms with Crippen molar-refractivity contribution in [3.8, 4) is 22.3 Å². The predicted molar refractivity (Wildman–Crippen MR) is 180 cm³/mol. The number of fused-ring (bicyclic) bond motifs is 10. The van der Waals surface area contributed by atoms with Crippen LogP contribution in [0.1, 0.15) is 16.9 Å². The van der Waals surface area contributed by atoms with Crippen LogP contribution in [0.3, 0.4) is 0 Å². The lowest BCUT2D eigenvalue weighted by atomic mass is 9.91. The first-order valence-electron chi connectivity index (χ1n) is 14.4. The minimum absolute atomic E-state index is 1.15. The maximum absolute atomic E-state index is 2.38. The van der Waals surface area contributed by atoms with Gasteiger partial charge in [-0.05, 0) is 102 Å². The van der Waals surface area contributed by atoms with Gasteiger partial charge in [0.15, 0.2) is 0 Å². The van der Waals surface area contributed by atoms with Gasteiger partial charge in [-0.1, -0.05) is 115 Å². The Labute approximate surface area is 242 Å². The molecule has 41 heavy (non-hydrogen) atoms. The molecule has 1 aliphatic carbocycles.